The van der Waals surface area contributed by atoms with Gasteiger partial charge in [0.05, 0.1) is 5.69 Å². The monoisotopic (exact) mass is 253 g/mol. The summed E-state index contributed by atoms with van der Waals surface area (Å²) in [4.78, 5) is 7.05. The van der Waals surface area contributed by atoms with Crippen LogP contribution in [0, 0.1) is 0 Å². The Morgan fingerprint density at radius 1 is 1.11 bits per heavy atom. The van der Waals surface area contributed by atoms with Gasteiger partial charge in [-0.3, -0.25) is 4.90 Å². The predicted octanol–water partition coefficient (Wildman–Crippen LogP) is 2.68. The van der Waals surface area contributed by atoms with E-state index in [1.807, 2.05) is 13.1 Å². The Hall–Kier alpha value is -1.87. The van der Waals surface area contributed by atoms with Gasteiger partial charge in [0.2, 0.25) is 0 Å². The Labute approximate surface area is 114 Å². The average molecular weight is 253 g/mol. The van der Waals surface area contributed by atoms with Gasteiger partial charge >= 0.3 is 0 Å². The van der Waals surface area contributed by atoms with Crippen molar-refractivity contribution in [2.45, 2.75) is 19.5 Å². The van der Waals surface area contributed by atoms with E-state index >= 15 is 0 Å². The quantitative estimate of drug-likeness (QED) is 0.911. The fourth-order valence-corrected chi connectivity index (χ4v) is 2.63. The summed E-state index contributed by atoms with van der Waals surface area (Å²) in [6.07, 6.45) is 1.14. The fourth-order valence-electron chi connectivity index (χ4n) is 2.63. The first-order valence-electron chi connectivity index (χ1n) is 6.78. The summed E-state index contributed by atoms with van der Waals surface area (Å²) in [5, 5.41) is 3.09. The van der Waals surface area contributed by atoms with Crippen LogP contribution in [0.3, 0.4) is 0 Å². The van der Waals surface area contributed by atoms with Gasteiger partial charge in [-0.25, -0.2) is 4.98 Å². The number of benzene rings is 1. The number of hydrogen-bond donors (Lipinski definition) is 1. The largest absolute Gasteiger partial charge is 0.373 e. The van der Waals surface area contributed by atoms with Gasteiger partial charge in [0.15, 0.2) is 0 Å². The standard InChI is InChI=1S/C16H19N3/c1-17-16-8-4-7-15(18-16)12-19-10-9-13-5-2-3-6-14(13)11-19/h2-8H,9-12H2,1H3,(H,17,18). The zero-order valence-electron chi connectivity index (χ0n) is 11.3. The molecule has 1 aliphatic rings. The second-order valence-electron chi connectivity index (χ2n) is 4.99. The van der Waals surface area contributed by atoms with Crippen molar-refractivity contribution in [2.75, 3.05) is 18.9 Å². The molecule has 0 spiro atoms. The first-order chi connectivity index (χ1) is 9.35. The van der Waals surface area contributed by atoms with Crippen LogP contribution in [0.2, 0.25) is 0 Å². The van der Waals surface area contributed by atoms with Crippen LogP contribution in [0.1, 0.15) is 16.8 Å². The van der Waals surface area contributed by atoms with Crippen LogP contribution in [-0.4, -0.2) is 23.5 Å². The molecule has 3 nitrogen and oxygen atoms in total. The second-order valence-corrected chi connectivity index (χ2v) is 4.99. The number of nitrogens with zero attached hydrogens (tertiary/aromatic N) is 2. The first-order valence-corrected chi connectivity index (χ1v) is 6.78. The molecule has 1 aromatic carbocycles. The average Bonchev–Trinajstić information content (AvgIpc) is 2.47. The van der Waals surface area contributed by atoms with E-state index in [-0.39, 0.29) is 0 Å². The van der Waals surface area contributed by atoms with Crippen molar-refractivity contribution in [3.05, 3.63) is 59.3 Å². The van der Waals surface area contributed by atoms with E-state index in [4.69, 9.17) is 0 Å². The van der Waals surface area contributed by atoms with E-state index in [2.05, 4.69) is 51.6 Å². The normalized spacial score (nSPS) is 15.0. The van der Waals surface area contributed by atoms with Crippen LogP contribution >= 0.6 is 0 Å². The minimum atomic E-state index is 0.920. The maximum atomic E-state index is 4.59. The third kappa shape index (κ3) is 2.76. The molecule has 1 N–H and O–H groups in total. The number of nitrogens with one attached hydrogen (secondary N) is 1. The van der Waals surface area contributed by atoms with Gasteiger partial charge in [-0.05, 0) is 29.7 Å². The second kappa shape index (κ2) is 5.41. The lowest BCUT2D eigenvalue weighted by atomic mass is 10.00. The molecular weight excluding hydrogens is 234 g/mol. The van der Waals surface area contributed by atoms with Crippen molar-refractivity contribution < 1.29 is 0 Å². The van der Waals surface area contributed by atoms with Gasteiger partial charge in [0.1, 0.15) is 5.82 Å². The molecule has 0 saturated heterocycles. The molecule has 3 heteroatoms. The van der Waals surface area contributed by atoms with Crippen LogP contribution in [0.15, 0.2) is 42.5 Å². The minimum Gasteiger partial charge on any atom is -0.373 e. The van der Waals surface area contributed by atoms with Crippen molar-refractivity contribution in [1.82, 2.24) is 9.88 Å². The molecule has 1 aromatic heterocycles. The molecule has 98 valence electrons. The van der Waals surface area contributed by atoms with Crippen LogP contribution in [0.5, 0.6) is 0 Å². The maximum Gasteiger partial charge on any atom is 0.126 e. The molecule has 0 unspecified atom stereocenters. The molecule has 19 heavy (non-hydrogen) atoms. The minimum absolute atomic E-state index is 0.920. The van der Waals surface area contributed by atoms with Crippen LogP contribution in [0.4, 0.5) is 5.82 Å². The molecule has 1 aliphatic heterocycles. The van der Waals surface area contributed by atoms with E-state index in [0.717, 1.165) is 37.6 Å². The lowest BCUT2D eigenvalue weighted by molar-refractivity contribution is 0.243. The topological polar surface area (TPSA) is 28.2 Å². The number of rotatable bonds is 3. The summed E-state index contributed by atoms with van der Waals surface area (Å²) in [5.41, 5.74) is 4.08. The Morgan fingerprint density at radius 3 is 2.79 bits per heavy atom. The number of hydrogen-bond acceptors (Lipinski definition) is 3. The highest BCUT2D eigenvalue weighted by Gasteiger charge is 2.16. The van der Waals surface area contributed by atoms with Crippen LogP contribution < -0.4 is 5.32 Å². The third-order valence-electron chi connectivity index (χ3n) is 3.66. The van der Waals surface area contributed by atoms with E-state index in [9.17, 15) is 0 Å². The zero-order valence-corrected chi connectivity index (χ0v) is 11.3. The van der Waals surface area contributed by atoms with E-state index < -0.39 is 0 Å². The summed E-state index contributed by atoms with van der Waals surface area (Å²) in [7, 11) is 1.91. The number of pyridine rings is 1. The van der Waals surface area contributed by atoms with Gasteiger partial charge in [-0.1, -0.05) is 30.3 Å². The van der Waals surface area contributed by atoms with Gasteiger partial charge in [0.25, 0.3) is 0 Å². The van der Waals surface area contributed by atoms with Crippen molar-refractivity contribution in [2.24, 2.45) is 0 Å². The van der Waals surface area contributed by atoms with Crippen LogP contribution in [0.25, 0.3) is 0 Å². The fraction of sp³-hybridized carbons (Fsp3) is 0.312. The molecule has 3 rings (SSSR count). The number of anilines is 1. The van der Waals surface area contributed by atoms with Crippen molar-refractivity contribution in [1.29, 1.82) is 0 Å². The Bertz CT molecular complexity index is 565. The Balaban J connectivity index is 1.71. The number of fused-ring (bicyclic) bond motifs is 1. The SMILES string of the molecule is CNc1cccc(CN2CCc3ccccc3C2)n1. The summed E-state index contributed by atoms with van der Waals surface area (Å²) >= 11 is 0. The zero-order chi connectivity index (χ0) is 13.1. The summed E-state index contributed by atoms with van der Waals surface area (Å²) in [6, 6.07) is 14.9. The Morgan fingerprint density at radius 2 is 1.95 bits per heavy atom. The molecule has 2 heterocycles. The number of aromatic nitrogens is 1. The maximum absolute atomic E-state index is 4.59. The summed E-state index contributed by atoms with van der Waals surface area (Å²) in [5.74, 6) is 0.940. The highest BCUT2D eigenvalue weighted by molar-refractivity contribution is 5.34. The molecule has 0 atom stereocenters. The lowest BCUT2D eigenvalue weighted by Gasteiger charge is -2.28. The predicted molar refractivity (Wildman–Crippen MR) is 78.0 cm³/mol. The highest BCUT2D eigenvalue weighted by Crippen LogP contribution is 2.20. The molecule has 2 aromatic rings. The Kier molecular flexibility index (Phi) is 3.47. The molecule has 0 fully saturated rings. The summed E-state index contributed by atoms with van der Waals surface area (Å²) in [6.45, 7) is 3.06. The molecule has 0 bridgehead atoms. The molecule has 0 amide bonds. The van der Waals surface area contributed by atoms with Gasteiger partial charge < -0.3 is 5.32 Å². The molecule has 0 radical (unpaired) electrons. The van der Waals surface area contributed by atoms with E-state index in [0.29, 0.717) is 0 Å². The summed E-state index contributed by atoms with van der Waals surface area (Å²) < 4.78 is 0. The molecule has 0 aliphatic carbocycles. The third-order valence-corrected chi connectivity index (χ3v) is 3.66. The molecule has 0 saturated carbocycles. The van der Waals surface area contributed by atoms with Gasteiger partial charge in [-0.2, -0.15) is 0 Å². The first kappa shape index (κ1) is 12.2. The van der Waals surface area contributed by atoms with Gasteiger partial charge in [0, 0.05) is 26.7 Å². The molecular formula is C16H19N3. The highest BCUT2D eigenvalue weighted by atomic mass is 15.1. The van der Waals surface area contributed by atoms with E-state index in [1.165, 1.54) is 11.1 Å². The van der Waals surface area contributed by atoms with Crippen molar-refractivity contribution in [3.63, 3.8) is 0 Å². The van der Waals surface area contributed by atoms with Crippen molar-refractivity contribution >= 4 is 5.82 Å². The van der Waals surface area contributed by atoms with Crippen LogP contribution in [-0.2, 0) is 19.5 Å². The van der Waals surface area contributed by atoms with Gasteiger partial charge in [-0.15, -0.1) is 0 Å². The van der Waals surface area contributed by atoms with Crippen molar-refractivity contribution in [3.8, 4) is 0 Å². The van der Waals surface area contributed by atoms with E-state index in [1.54, 1.807) is 0 Å². The smallest absolute Gasteiger partial charge is 0.126 e. The lowest BCUT2D eigenvalue weighted by Crippen LogP contribution is -2.30.